The van der Waals surface area contributed by atoms with E-state index in [4.69, 9.17) is 0 Å². The largest absolute Gasteiger partial charge is 0.364 e. The van der Waals surface area contributed by atoms with Gasteiger partial charge in [0.25, 0.3) is 0 Å². The van der Waals surface area contributed by atoms with Gasteiger partial charge in [-0.2, -0.15) is 0 Å². The lowest BCUT2D eigenvalue weighted by atomic mass is 10.2. The third-order valence-electron chi connectivity index (χ3n) is 4.00. The lowest BCUT2D eigenvalue weighted by molar-refractivity contribution is 0.815. The molecule has 6 heteroatoms. The van der Waals surface area contributed by atoms with Crippen LogP contribution in [0.5, 0.6) is 0 Å². The first-order valence-electron chi connectivity index (χ1n) is 8.23. The molecule has 0 saturated carbocycles. The Balaban J connectivity index is 0.00000225. The van der Waals surface area contributed by atoms with Crippen LogP contribution in [0.4, 0.5) is 5.69 Å². The molecule has 3 rings (SSSR count). The van der Waals surface area contributed by atoms with Gasteiger partial charge in [-0.15, -0.1) is 35.3 Å². The SMILES string of the molecule is CN=C(NCc1cccc(N2CC=CC2)c1)NCc1ccc(C)s1.I. The molecule has 0 unspecified atom stereocenters. The van der Waals surface area contributed by atoms with Crippen LogP contribution in [0.2, 0.25) is 0 Å². The Hall–Kier alpha value is -1.54. The number of guanidine groups is 1. The Morgan fingerprint density at radius 3 is 2.56 bits per heavy atom. The van der Waals surface area contributed by atoms with Gasteiger partial charge in [-0.1, -0.05) is 24.3 Å². The van der Waals surface area contributed by atoms with Crippen molar-refractivity contribution >= 4 is 47.0 Å². The number of benzene rings is 1. The smallest absolute Gasteiger partial charge is 0.191 e. The third kappa shape index (κ3) is 5.74. The molecule has 0 bridgehead atoms. The summed E-state index contributed by atoms with van der Waals surface area (Å²) in [6, 6.07) is 13.0. The summed E-state index contributed by atoms with van der Waals surface area (Å²) in [6.45, 7) is 5.70. The zero-order valence-electron chi connectivity index (χ0n) is 14.7. The predicted octanol–water partition coefficient (Wildman–Crippen LogP) is 3.92. The summed E-state index contributed by atoms with van der Waals surface area (Å²) < 4.78 is 0. The summed E-state index contributed by atoms with van der Waals surface area (Å²) in [4.78, 5) is 9.31. The van der Waals surface area contributed by atoms with Crippen molar-refractivity contribution < 1.29 is 0 Å². The summed E-state index contributed by atoms with van der Waals surface area (Å²) in [5.74, 6) is 0.828. The van der Waals surface area contributed by atoms with Crippen LogP contribution in [0.3, 0.4) is 0 Å². The van der Waals surface area contributed by atoms with Gasteiger partial charge in [-0.05, 0) is 36.8 Å². The van der Waals surface area contributed by atoms with Crippen molar-refractivity contribution in [3.63, 3.8) is 0 Å². The molecule has 2 aromatic rings. The number of aliphatic imine (C=N–C) groups is 1. The first-order chi connectivity index (χ1) is 11.7. The van der Waals surface area contributed by atoms with Crippen molar-refractivity contribution in [3.05, 3.63) is 63.9 Å². The number of anilines is 1. The number of nitrogens with zero attached hydrogens (tertiary/aromatic N) is 2. The second-order valence-electron chi connectivity index (χ2n) is 5.84. The molecule has 2 heterocycles. The molecule has 0 radical (unpaired) electrons. The van der Waals surface area contributed by atoms with Crippen LogP contribution in [0.25, 0.3) is 0 Å². The van der Waals surface area contributed by atoms with Gasteiger partial charge >= 0.3 is 0 Å². The maximum absolute atomic E-state index is 4.30. The molecule has 0 fully saturated rings. The Labute approximate surface area is 171 Å². The van der Waals surface area contributed by atoms with Gasteiger partial charge in [0.2, 0.25) is 0 Å². The van der Waals surface area contributed by atoms with Crippen molar-refractivity contribution in [2.75, 3.05) is 25.0 Å². The van der Waals surface area contributed by atoms with Crippen LogP contribution in [-0.4, -0.2) is 26.1 Å². The van der Waals surface area contributed by atoms with E-state index >= 15 is 0 Å². The summed E-state index contributed by atoms with van der Waals surface area (Å²) in [5, 5.41) is 6.76. The fourth-order valence-electron chi connectivity index (χ4n) is 2.71. The van der Waals surface area contributed by atoms with Crippen molar-refractivity contribution in [1.29, 1.82) is 0 Å². The van der Waals surface area contributed by atoms with Gasteiger partial charge in [-0.25, -0.2) is 0 Å². The van der Waals surface area contributed by atoms with Crippen molar-refractivity contribution in [2.45, 2.75) is 20.0 Å². The fourth-order valence-corrected chi connectivity index (χ4v) is 3.54. The molecule has 2 N–H and O–H groups in total. The molecule has 0 amide bonds. The van der Waals surface area contributed by atoms with Crippen LogP contribution in [-0.2, 0) is 13.1 Å². The highest BCUT2D eigenvalue weighted by atomic mass is 127. The molecule has 0 spiro atoms. The zero-order chi connectivity index (χ0) is 16.8. The topological polar surface area (TPSA) is 39.7 Å². The molecule has 25 heavy (non-hydrogen) atoms. The summed E-state index contributed by atoms with van der Waals surface area (Å²) in [7, 11) is 1.81. The van der Waals surface area contributed by atoms with Crippen LogP contribution in [0.15, 0.2) is 53.5 Å². The van der Waals surface area contributed by atoms with Crippen LogP contribution >= 0.6 is 35.3 Å². The van der Waals surface area contributed by atoms with E-state index in [0.717, 1.165) is 32.1 Å². The second kappa shape index (κ2) is 9.82. The molecular weight excluding hydrogens is 443 g/mol. The highest BCUT2D eigenvalue weighted by molar-refractivity contribution is 14.0. The quantitative estimate of drug-likeness (QED) is 0.303. The number of hydrogen-bond donors (Lipinski definition) is 2. The van der Waals surface area contributed by atoms with Gasteiger partial charge in [-0.3, -0.25) is 4.99 Å². The minimum atomic E-state index is 0. The van der Waals surface area contributed by atoms with E-state index in [2.05, 4.69) is 76.0 Å². The molecule has 1 aliphatic rings. The Kier molecular flexibility index (Phi) is 7.77. The minimum absolute atomic E-state index is 0. The Morgan fingerprint density at radius 2 is 1.88 bits per heavy atom. The van der Waals surface area contributed by atoms with E-state index in [0.29, 0.717) is 0 Å². The van der Waals surface area contributed by atoms with E-state index in [1.807, 2.05) is 11.3 Å². The second-order valence-corrected chi connectivity index (χ2v) is 7.21. The molecule has 1 aliphatic heterocycles. The maximum atomic E-state index is 4.30. The number of thiophene rings is 1. The average Bonchev–Trinajstić information content (AvgIpc) is 3.27. The van der Waals surface area contributed by atoms with Gasteiger partial charge < -0.3 is 15.5 Å². The highest BCUT2D eigenvalue weighted by Gasteiger charge is 2.08. The van der Waals surface area contributed by atoms with E-state index in [-0.39, 0.29) is 24.0 Å². The van der Waals surface area contributed by atoms with E-state index in [1.54, 1.807) is 7.05 Å². The third-order valence-corrected chi connectivity index (χ3v) is 5.00. The molecule has 0 atom stereocenters. The molecule has 0 saturated heterocycles. The Bertz CT molecular complexity index is 731. The van der Waals surface area contributed by atoms with Gasteiger partial charge in [0, 0.05) is 42.1 Å². The number of hydrogen-bond acceptors (Lipinski definition) is 3. The highest BCUT2D eigenvalue weighted by Crippen LogP contribution is 2.18. The summed E-state index contributed by atoms with van der Waals surface area (Å²) in [5.41, 5.74) is 2.53. The van der Waals surface area contributed by atoms with Crippen molar-refractivity contribution in [1.82, 2.24) is 10.6 Å². The molecule has 1 aromatic carbocycles. The number of aryl methyl sites for hydroxylation is 1. The van der Waals surface area contributed by atoms with Crippen LogP contribution < -0.4 is 15.5 Å². The van der Waals surface area contributed by atoms with Crippen molar-refractivity contribution in [3.8, 4) is 0 Å². The predicted molar refractivity (Wildman–Crippen MR) is 119 cm³/mol. The lowest BCUT2D eigenvalue weighted by Gasteiger charge is -2.19. The lowest BCUT2D eigenvalue weighted by Crippen LogP contribution is -2.36. The van der Waals surface area contributed by atoms with Gasteiger partial charge in [0.1, 0.15) is 0 Å². The number of nitrogens with one attached hydrogen (secondary N) is 2. The maximum Gasteiger partial charge on any atom is 0.191 e. The van der Waals surface area contributed by atoms with Crippen molar-refractivity contribution in [2.24, 2.45) is 4.99 Å². The normalized spacial score (nSPS) is 13.7. The van der Waals surface area contributed by atoms with Gasteiger partial charge in [0.15, 0.2) is 5.96 Å². The van der Waals surface area contributed by atoms with Crippen LogP contribution in [0, 0.1) is 6.92 Å². The Morgan fingerprint density at radius 1 is 1.12 bits per heavy atom. The monoisotopic (exact) mass is 468 g/mol. The molecule has 4 nitrogen and oxygen atoms in total. The molecule has 0 aliphatic carbocycles. The first kappa shape index (κ1) is 19.8. The molecular formula is C19H25IN4S. The standard InChI is InChI=1S/C19H24N4S.HI/c1-15-8-9-18(24-15)14-22-19(20-2)21-13-16-6-5-7-17(12-16)23-10-3-4-11-23;/h3-9,12H,10-11,13-14H2,1-2H3,(H2,20,21,22);1H. The molecule has 134 valence electrons. The van der Waals surface area contributed by atoms with Crippen LogP contribution in [0.1, 0.15) is 15.3 Å². The van der Waals surface area contributed by atoms with Gasteiger partial charge in [0.05, 0.1) is 6.54 Å². The number of rotatable bonds is 5. The first-order valence-corrected chi connectivity index (χ1v) is 9.05. The van der Waals surface area contributed by atoms with E-state index in [9.17, 15) is 0 Å². The summed E-state index contributed by atoms with van der Waals surface area (Å²) in [6.07, 6.45) is 4.42. The molecule has 1 aromatic heterocycles. The minimum Gasteiger partial charge on any atom is -0.364 e. The number of halogens is 1. The fraction of sp³-hybridized carbons (Fsp3) is 0.316. The average molecular weight is 468 g/mol. The zero-order valence-corrected chi connectivity index (χ0v) is 17.8. The summed E-state index contributed by atoms with van der Waals surface area (Å²) >= 11 is 1.81. The van der Waals surface area contributed by atoms with E-state index < -0.39 is 0 Å². The van der Waals surface area contributed by atoms with E-state index in [1.165, 1.54) is 21.0 Å².